The largest absolute Gasteiger partial charge is 0.497 e. The van der Waals surface area contributed by atoms with E-state index >= 15 is 0 Å². The van der Waals surface area contributed by atoms with E-state index in [2.05, 4.69) is 6.58 Å². The predicted octanol–water partition coefficient (Wildman–Crippen LogP) is 8.56. The minimum Gasteiger partial charge on any atom is -0.497 e. The number of hydrogen-bond acceptors (Lipinski definition) is 1. The zero-order valence-corrected chi connectivity index (χ0v) is 18.3. The summed E-state index contributed by atoms with van der Waals surface area (Å²) in [4.78, 5) is 0. The fourth-order valence-corrected chi connectivity index (χ4v) is 3.08. The van der Waals surface area contributed by atoms with Crippen LogP contribution in [0.5, 0.6) is 5.75 Å². The van der Waals surface area contributed by atoms with Gasteiger partial charge in [-0.25, -0.2) is 8.78 Å². The molecule has 3 rings (SSSR count). The van der Waals surface area contributed by atoms with Gasteiger partial charge in [0.1, 0.15) is 17.4 Å². The lowest BCUT2D eigenvalue weighted by Gasteiger charge is -2.07. The molecule has 1 nitrogen and oxygen atoms in total. The minimum atomic E-state index is -0.564. The van der Waals surface area contributed by atoms with Gasteiger partial charge >= 0.3 is 0 Å². The molecule has 0 saturated heterocycles. The Morgan fingerprint density at radius 3 is 2.27 bits per heavy atom. The van der Waals surface area contributed by atoms with Crippen LogP contribution in [0.15, 0.2) is 67.2 Å². The molecule has 0 radical (unpaired) electrons. The molecular weight excluding hydrogens is 425 g/mol. The van der Waals surface area contributed by atoms with Gasteiger partial charge in [-0.2, -0.15) is 0 Å². The molecule has 3 aromatic carbocycles. The smallest absolute Gasteiger partial charge is 0.133 e. The molecule has 0 atom stereocenters. The van der Waals surface area contributed by atoms with Crippen molar-refractivity contribution in [1.82, 2.24) is 0 Å². The van der Waals surface area contributed by atoms with E-state index in [9.17, 15) is 8.78 Å². The highest BCUT2D eigenvalue weighted by atomic mass is 35.5. The van der Waals surface area contributed by atoms with Crippen LogP contribution in [0.3, 0.4) is 0 Å². The van der Waals surface area contributed by atoms with Crippen molar-refractivity contribution in [3.8, 4) is 5.75 Å². The molecule has 0 amide bonds. The van der Waals surface area contributed by atoms with Gasteiger partial charge < -0.3 is 4.74 Å². The summed E-state index contributed by atoms with van der Waals surface area (Å²) in [7, 11) is 1.61. The van der Waals surface area contributed by atoms with Crippen LogP contribution in [0.4, 0.5) is 8.78 Å². The number of allylic oxidation sites excluding steroid dienone is 1. The van der Waals surface area contributed by atoms with Gasteiger partial charge in [-0.15, -0.1) is 0 Å². The van der Waals surface area contributed by atoms with Crippen LogP contribution in [-0.4, -0.2) is 7.11 Å². The van der Waals surface area contributed by atoms with Crippen LogP contribution in [0.2, 0.25) is 10.0 Å². The maximum Gasteiger partial charge on any atom is 0.133 e. The normalized spacial score (nSPS) is 10.8. The Balaban J connectivity index is 0.000000269. The highest BCUT2D eigenvalue weighted by Gasteiger charge is 2.08. The summed E-state index contributed by atoms with van der Waals surface area (Å²) in [6.07, 6.45) is 4.23. The predicted molar refractivity (Wildman–Crippen MR) is 124 cm³/mol. The van der Waals surface area contributed by atoms with Gasteiger partial charge in [-0.05, 0) is 53.5 Å². The fraction of sp³-hybridized carbons (Fsp3) is 0.120. The van der Waals surface area contributed by atoms with E-state index < -0.39 is 11.6 Å². The van der Waals surface area contributed by atoms with E-state index in [-0.39, 0.29) is 0 Å². The van der Waals surface area contributed by atoms with Gasteiger partial charge in [0.2, 0.25) is 0 Å². The zero-order valence-electron chi connectivity index (χ0n) is 16.8. The monoisotopic (exact) mass is 446 g/mol. The summed E-state index contributed by atoms with van der Waals surface area (Å²) in [5.74, 6) is -0.328. The molecule has 5 heteroatoms. The van der Waals surface area contributed by atoms with Crippen LogP contribution in [-0.2, 0) is 0 Å². The van der Waals surface area contributed by atoms with Gasteiger partial charge in [0, 0.05) is 11.6 Å². The molecule has 0 aliphatic rings. The summed E-state index contributed by atoms with van der Waals surface area (Å²) < 4.78 is 31.9. The summed E-state index contributed by atoms with van der Waals surface area (Å²) in [5, 5.41) is 1.14. The maximum absolute atomic E-state index is 13.8. The average Bonchev–Trinajstić information content (AvgIpc) is 2.75. The standard InChI is InChI=1S/C17H16F2O.C8H6Cl2/c1-3-13(16-9-6-14(18)11-17(16)19)10-12-4-7-15(20-2)8-5-12;1-2-6-4-3-5-7(9)8(6)10/h4-11H,3H2,1-2H3;2-5H,1H2. The molecule has 0 N–H and O–H groups in total. The molecule has 0 aliphatic heterocycles. The lowest BCUT2D eigenvalue weighted by molar-refractivity contribution is 0.415. The SMILES string of the molecule is C=Cc1cccc(Cl)c1Cl.CCC(=Cc1ccc(OC)cc1)c1ccc(F)cc1F. The second-order valence-electron chi connectivity index (χ2n) is 6.27. The van der Waals surface area contributed by atoms with Crippen molar-refractivity contribution >= 4 is 40.9 Å². The summed E-state index contributed by atoms with van der Waals surface area (Å²) >= 11 is 11.5. The van der Waals surface area contributed by atoms with Crippen molar-refractivity contribution < 1.29 is 13.5 Å². The molecular formula is C25H22Cl2F2O. The van der Waals surface area contributed by atoms with Crippen molar-refractivity contribution in [3.63, 3.8) is 0 Å². The molecule has 0 saturated carbocycles. The van der Waals surface area contributed by atoms with Crippen molar-refractivity contribution in [3.05, 3.63) is 106 Å². The number of hydrogen-bond donors (Lipinski definition) is 0. The van der Waals surface area contributed by atoms with Gasteiger partial charge in [0.05, 0.1) is 17.2 Å². The van der Waals surface area contributed by atoms with E-state index in [1.165, 1.54) is 12.1 Å². The van der Waals surface area contributed by atoms with E-state index in [1.807, 2.05) is 49.4 Å². The topological polar surface area (TPSA) is 9.23 Å². The minimum absolute atomic E-state index is 0.435. The van der Waals surface area contributed by atoms with Gasteiger partial charge in [0.25, 0.3) is 0 Å². The molecule has 0 spiro atoms. The van der Waals surface area contributed by atoms with Gasteiger partial charge in [0.15, 0.2) is 0 Å². The van der Waals surface area contributed by atoms with Crippen LogP contribution in [0.1, 0.15) is 30.0 Å². The first-order valence-corrected chi connectivity index (χ1v) is 10.0. The molecule has 0 aromatic heterocycles. The third-order valence-corrected chi connectivity index (χ3v) is 5.15. The van der Waals surface area contributed by atoms with Gasteiger partial charge in [-0.1, -0.05) is 73.1 Å². The second kappa shape index (κ2) is 11.5. The van der Waals surface area contributed by atoms with E-state index in [0.29, 0.717) is 22.0 Å². The molecule has 0 heterocycles. The molecule has 0 aliphatic carbocycles. The Bertz CT molecular complexity index is 1030. The third kappa shape index (κ3) is 6.45. The average molecular weight is 447 g/mol. The first-order chi connectivity index (χ1) is 14.4. The van der Waals surface area contributed by atoms with Crippen molar-refractivity contribution in [2.24, 2.45) is 0 Å². The van der Waals surface area contributed by atoms with E-state index in [1.54, 1.807) is 19.3 Å². The summed E-state index contributed by atoms with van der Waals surface area (Å²) in [5.41, 5.74) is 3.08. The lowest BCUT2D eigenvalue weighted by Crippen LogP contribution is -1.91. The molecule has 30 heavy (non-hydrogen) atoms. The highest BCUT2D eigenvalue weighted by molar-refractivity contribution is 6.42. The van der Waals surface area contributed by atoms with E-state index in [4.69, 9.17) is 27.9 Å². The number of ether oxygens (including phenoxy) is 1. The van der Waals surface area contributed by atoms with Crippen molar-refractivity contribution in [1.29, 1.82) is 0 Å². The van der Waals surface area contributed by atoms with Crippen molar-refractivity contribution in [2.75, 3.05) is 7.11 Å². The number of halogens is 4. The van der Waals surface area contributed by atoms with Gasteiger partial charge in [-0.3, -0.25) is 0 Å². The maximum atomic E-state index is 13.8. The molecule has 156 valence electrons. The fourth-order valence-electron chi connectivity index (χ4n) is 2.70. The summed E-state index contributed by atoms with van der Waals surface area (Å²) in [6.45, 7) is 5.53. The number of rotatable bonds is 5. The Morgan fingerprint density at radius 1 is 1.03 bits per heavy atom. The van der Waals surface area contributed by atoms with Crippen LogP contribution >= 0.6 is 23.2 Å². The third-order valence-electron chi connectivity index (χ3n) is 4.32. The van der Waals surface area contributed by atoms with Crippen LogP contribution < -0.4 is 4.74 Å². The Morgan fingerprint density at radius 2 is 1.73 bits per heavy atom. The number of methoxy groups -OCH3 is 1. The van der Waals surface area contributed by atoms with Crippen LogP contribution in [0.25, 0.3) is 17.7 Å². The van der Waals surface area contributed by atoms with Crippen LogP contribution in [0, 0.1) is 11.6 Å². The Hall–Kier alpha value is -2.62. The highest BCUT2D eigenvalue weighted by Crippen LogP contribution is 2.26. The molecule has 0 unspecified atom stereocenters. The molecule has 0 bridgehead atoms. The number of benzene rings is 3. The van der Waals surface area contributed by atoms with E-state index in [0.717, 1.165) is 28.5 Å². The summed E-state index contributed by atoms with van der Waals surface area (Å²) in [6, 6.07) is 16.6. The first-order valence-electron chi connectivity index (χ1n) is 9.26. The zero-order chi connectivity index (χ0) is 22.1. The molecule has 3 aromatic rings. The molecule has 0 fully saturated rings. The Labute approximate surface area is 186 Å². The van der Waals surface area contributed by atoms with Crippen molar-refractivity contribution in [2.45, 2.75) is 13.3 Å². The lowest BCUT2D eigenvalue weighted by atomic mass is 10.00. The second-order valence-corrected chi connectivity index (χ2v) is 7.05. The first kappa shape index (κ1) is 23.7. The quantitative estimate of drug-likeness (QED) is 0.356. The Kier molecular flexibility index (Phi) is 9.10.